The number of carbonyl (C=O) groups excluding carboxylic acids is 2. The van der Waals surface area contributed by atoms with E-state index < -0.39 is 18.4 Å². The summed E-state index contributed by atoms with van der Waals surface area (Å²) in [6, 6.07) is 12.9. The normalized spacial score (nSPS) is 11.6. The first-order valence-corrected chi connectivity index (χ1v) is 10.9. The minimum Gasteiger partial charge on any atom is -0.569 e. The number of aliphatic hydroxyl groups is 1. The summed E-state index contributed by atoms with van der Waals surface area (Å²) in [7, 11) is 1.51. The van der Waals surface area contributed by atoms with Crippen molar-refractivity contribution in [2.24, 2.45) is 5.28 Å². The van der Waals surface area contributed by atoms with Crippen molar-refractivity contribution in [1.29, 1.82) is 0 Å². The first-order chi connectivity index (χ1) is 16.1. The molecule has 10 nitrogen and oxygen atoms in total. The number of ether oxygens (including phenoxy) is 2. The Morgan fingerprint density at radius 1 is 1.09 bits per heavy atom. The number of esters is 1. The third-order valence-corrected chi connectivity index (χ3v) is 4.89. The number of halogens is 1. The van der Waals surface area contributed by atoms with Gasteiger partial charge >= 0.3 is 5.97 Å². The fourth-order valence-corrected chi connectivity index (χ4v) is 2.83. The lowest BCUT2D eigenvalue weighted by Crippen LogP contribution is -2.40. The number of aliphatic hydroxyl groups excluding tert-OH is 1. The predicted octanol–water partition coefficient (Wildman–Crippen LogP) is 3.74. The van der Waals surface area contributed by atoms with Crippen LogP contribution in [0.2, 0.25) is 5.02 Å². The molecule has 0 fully saturated rings. The molecule has 0 aromatic heterocycles. The molecule has 0 aliphatic rings. The molecule has 2 rings (SSSR count). The number of hydrazine groups is 1. The first kappa shape index (κ1) is 26.9. The van der Waals surface area contributed by atoms with Gasteiger partial charge in [0.1, 0.15) is 5.75 Å². The van der Waals surface area contributed by atoms with Crippen LogP contribution in [0.25, 0.3) is 0 Å². The quantitative estimate of drug-likeness (QED) is 0.0851. The van der Waals surface area contributed by atoms with Gasteiger partial charge in [-0.05, 0) is 75.2 Å². The number of benzene rings is 2. The van der Waals surface area contributed by atoms with E-state index in [0.717, 1.165) is 0 Å². The smallest absolute Gasteiger partial charge is 0.352 e. The summed E-state index contributed by atoms with van der Waals surface area (Å²) in [6.45, 7) is 2.85. The molecule has 0 bridgehead atoms. The summed E-state index contributed by atoms with van der Waals surface area (Å²) in [6.07, 6.45) is 1.17. The van der Waals surface area contributed by atoms with Crippen LogP contribution < -0.4 is 4.74 Å². The van der Waals surface area contributed by atoms with Gasteiger partial charge in [-0.1, -0.05) is 11.6 Å². The molecule has 1 N–H and O–H groups in total. The highest BCUT2D eigenvalue weighted by molar-refractivity contribution is 6.30. The van der Waals surface area contributed by atoms with E-state index in [1.54, 1.807) is 48.5 Å². The van der Waals surface area contributed by atoms with Gasteiger partial charge in [-0.2, -0.15) is 0 Å². The zero-order chi connectivity index (χ0) is 25.1. The standard InChI is InChI=1S/C23H28ClN3O7/c1-23(2,22(30)32-16-33-25-27(31)26(3)14-4-5-15-28)34-20-12-8-18(9-13-20)21(29)17-6-10-19(24)11-7-17/h6-13,28H,4-5,14-16H2,1-3H3. The highest BCUT2D eigenvalue weighted by Gasteiger charge is 2.32. The van der Waals surface area contributed by atoms with E-state index in [1.165, 1.54) is 25.9 Å². The van der Waals surface area contributed by atoms with Crippen LogP contribution in [0.15, 0.2) is 53.8 Å². The highest BCUT2D eigenvalue weighted by atomic mass is 35.5. The van der Waals surface area contributed by atoms with Gasteiger partial charge in [-0.25, -0.2) is 4.79 Å². The van der Waals surface area contributed by atoms with Crippen molar-refractivity contribution in [3.63, 3.8) is 0 Å². The predicted molar refractivity (Wildman–Crippen MR) is 123 cm³/mol. The molecule has 11 heteroatoms. The second-order valence-corrected chi connectivity index (χ2v) is 8.23. The molecule has 0 unspecified atom stereocenters. The average Bonchev–Trinajstić information content (AvgIpc) is 2.81. The van der Waals surface area contributed by atoms with E-state index >= 15 is 0 Å². The van der Waals surface area contributed by atoms with Crippen molar-refractivity contribution < 1.29 is 34.0 Å². The van der Waals surface area contributed by atoms with Crippen molar-refractivity contribution in [2.75, 3.05) is 27.0 Å². The van der Waals surface area contributed by atoms with Gasteiger partial charge in [0.2, 0.25) is 5.28 Å². The molecule has 184 valence electrons. The van der Waals surface area contributed by atoms with Crippen molar-refractivity contribution in [1.82, 2.24) is 5.01 Å². The Morgan fingerprint density at radius 2 is 1.68 bits per heavy atom. The van der Waals surface area contributed by atoms with E-state index in [2.05, 4.69) is 5.28 Å². The fourth-order valence-electron chi connectivity index (χ4n) is 2.71. The first-order valence-electron chi connectivity index (χ1n) is 10.5. The zero-order valence-corrected chi connectivity index (χ0v) is 20.0. The maximum atomic E-state index is 12.5. The summed E-state index contributed by atoms with van der Waals surface area (Å²) < 4.78 is 10.7. The molecule has 2 aromatic carbocycles. The van der Waals surface area contributed by atoms with Gasteiger partial charge in [0.05, 0.1) is 18.6 Å². The molecule has 0 aliphatic carbocycles. The summed E-state index contributed by atoms with van der Waals surface area (Å²) in [5.74, 6) is -0.553. The molecule has 0 saturated carbocycles. The molecule has 0 saturated heterocycles. The Balaban J connectivity index is 1.85. The number of nitrogens with zero attached hydrogens (tertiary/aromatic N) is 3. The average molecular weight is 494 g/mol. The molecule has 0 spiro atoms. The molecule has 0 radical (unpaired) electrons. The largest absolute Gasteiger partial charge is 0.569 e. The molecule has 34 heavy (non-hydrogen) atoms. The van der Waals surface area contributed by atoms with E-state index in [1.807, 2.05) is 0 Å². The molecule has 0 atom stereocenters. The van der Waals surface area contributed by atoms with E-state index in [0.29, 0.717) is 41.3 Å². The van der Waals surface area contributed by atoms with Crippen molar-refractivity contribution in [3.05, 3.63) is 69.9 Å². The number of unbranched alkanes of at least 4 members (excludes halogenated alkanes) is 1. The van der Waals surface area contributed by atoms with Crippen LogP contribution in [0.4, 0.5) is 0 Å². The Bertz CT molecular complexity index is 979. The van der Waals surface area contributed by atoms with E-state index in [-0.39, 0.29) is 17.4 Å². The Morgan fingerprint density at radius 3 is 2.26 bits per heavy atom. The monoisotopic (exact) mass is 493 g/mol. The van der Waals surface area contributed by atoms with Crippen LogP contribution in [-0.4, -0.2) is 59.4 Å². The molecular weight excluding hydrogens is 466 g/mol. The van der Waals surface area contributed by atoms with E-state index in [9.17, 15) is 14.8 Å². The highest BCUT2D eigenvalue weighted by Crippen LogP contribution is 2.22. The van der Waals surface area contributed by atoms with Gasteiger partial charge in [0.25, 0.3) is 6.79 Å². The molecule has 0 aliphatic heterocycles. The number of ketones is 1. The van der Waals surface area contributed by atoms with Gasteiger partial charge in [0, 0.05) is 22.8 Å². The Hall–Kier alpha value is -3.37. The minimum absolute atomic E-state index is 0.0415. The molecule has 0 heterocycles. The third-order valence-electron chi connectivity index (χ3n) is 4.64. The van der Waals surface area contributed by atoms with Crippen LogP contribution in [-0.2, 0) is 14.4 Å². The van der Waals surface area contributed by atoms with Crippen LogP contribution >= 0.6 is 11.6 Å². The number of hydrogen-bond acceptors (Lipinski definition) is 8. The fraction of sp³-hybridized carbons (Fsp3) is 0.391. The zero-order valence-electron chi connectivity index (χ0n) is 19.3. The van der Waals surface area contributed by atoms with Crippen molar-refractivity contribution in [2.45, 2.75) is 32.3 Å². The van der Waals surface area contributed by atoms with Crippen molar-refractivity contribution in [3.8, 4) is 5.75 Å². The summed E-state index contributed by atoms with van der Waals surface area (Å²) >= 11 is 5.85. The molecule has 0 amide bonds. The van der Waals surface area contributed by atoms with Crippen LogP contribution in [0.1, 0.15) is 42.6 Å². The number of carbonyl (C=O) groups is 2. The van der Waals surface area contributed by atoms with Crippen LogP contribution in [0, 0.1) is 5.21 Å². The summed E-state index contributed by atoms with van der Waals surface area (Å²) in [5, 5.41) is 25.5. The van der Waals surface area contributed by atoms with Gasteiger partial charge < -0.3 is 24.6 Å². The Labute approximate surface area is 202 Å². The topological polar surface area (TPSA) is 124 Å². The molecule has 2 aromatic rings. The summed E-state index contributed by atoms with van der Waals surface area (Å²) in [5.41, 5.74) is -0.419. The van der Waals surface area contributed by atoms with Gasteiger partial charge in [0.15, 0.2) is 11.4 Å². The lowest BCUT2D eigenvalue weighted by Gasteiger charge is -2.23. The lowest BCUT2D eigenvalue weighted by atomic mass is 10.0. The minimum atomic E-state index is -1.37. The Kier molecular flexibility index (Phi) is 10.1. The number of rotatable bonds is 13. The van der Waals surface area contributed by atoms with Gasteiger partial charge in [-0.15, -0.1) is 5.01 Å². The SMILES string of the molecule is CN(CCCCO)[N+]([O-])=NOCOC(=O)C(C)(C)Oc1ccc(C(=O)c2ccc(Cl)cc2)cc1. The second-order valence-electron chi connectivity index (χ2n) is 7.80. The maximum Gasteiger partial charge on any atom is 0.352 e. The lowest BCUT2D eigenvalue weighted by molar-refractivity contribution is -0.706. The molecular formula is C23H28ClN3O7. The van der Waals surface area contributed by atoms with Crippen LogP contribution in [0.3, 0.4) is 0 Å². The van der Waals surface area contributed by atoms with Crippen molar-refractivity contribution >= 4 is 23.4 Å². The second kappa shape index (κ2) is 12.8. The maximum absolute atomic E-state index is 12.5. The van der Waals surface area contributed by atoms with E-state index in [4.69, 9.17) is 31.0 Å². The number of hydrogen-bond donors (Lipinski definition) is 1. The summed E-state index contributed by atoms with van der Waals surface area (Å²) in [4.78, 5) is 29.9. The van der Waals surface area contributed by atoms with Gasteiger partial charge in [-0.3, -0.25) is 4.79 Å². The van der Waals surface area contributed by atoms with Crippen LogP contribution in [0.5, 0.6) is 5.75 Å². The third kappa shape index (κ3) is 8.20.